The summed E-state index contributed by atoms with van der Waals surface area (Å²) in [4.78, 5) is 17.1. The standard InChI is InChI=1S/C21H22N2O5.ClH/c24-21(16-2-4-18-20(12-16)28-14-27-18)23-7-5-22(6-8-23)13-15-1-3-17-19(11-15)26-10-9-25-17;/h1-4,11-12H,5-10,13-14H2;1H. The SMILES string of the molecule is Cl.O=C(c1ccc2c(c1)OCO2)N1CCN(Cc2ccc3c(c2)OCCO3)CC1. The smallest absolute Gasteiger partial charge is 0.254 e. The number of ether oxygens (including phenoxy) is 4. The van der Waals surface area contributed by atoms with Gasteiger partial charge in [-0.05, 0) is 35.9 Å². The van der Waals surface area contributed by atoms with Crippen LogP contribution in [0.1, 0.15) is 15.9 Å². The lowest BCUT2D eigenvalue weighted by molar-refractivity contribution is 0.0628. The molecule has 1 fully saturated rings. The number of amides is 1. The molecule has 5 rings (SSSR count). The number of benzene rings is 2. The van der Waals surface area contributed by atoms with Gasteiger partial charge in [0.05, 0.1) is 0 Å². The number of carbonyl (C=O) groups excluding carboxylic acids is 1. The van der Waals surface area contributed by atoms with Gasteiger partial charge in [0.1, 0.15) is 13.2 Å². The largest absolute Gasteiger partial charge is 0.486 e. The van der Waals surface area contributed by atoms with Crippen molar-refractivity contribution in [2.45, 2.75) is 6.54 Å². The van der Waals surface area contributed by atoms with E-state index in [0.29, 0.717) is 43.4 Å². The van der Waals surface area contributed by atoms with Crippen LogP contribution in [0, 0.1) is 0 Å². The van der Waals surface area contributed by atoms with Crippen molar-refractivity contribution in [1.82, 2.24) is 9.80 Å². The zero-order chi connectivity index (χ0) is 18.9. The molecule has 0 N–H and O–H groups in total. The maximum atomic E-state index is 12.8. The minimum Gasteiger partial charge on any atom is -0.486 e. The number of nitrogens with zero attached hydrogens (tertiary/aromatic N) is 2. The van der Waals surface area contributed by atoms with Crippen LogP contribution in [0.3, 0.4) is 0 Å². The molecule has 0 spiro atoms. The molecule has 0 aromatic heterocycles. The van der Waals surface area contributed by atoms with Gasteiger partial charge in [0, 0.05) is 38.3 Å². The molecule has 0 unspecified atom stereocenters. The Balaban J connectivity index is 0.00000205. The Morgan fingerprint density at radius 2 is 1.45 bits per heavy atom. The van der Waals surface area contributed by atoms with Crippen LogP contribution in [0.5, 0.6) is 23.0 Å². The fraction of sp³-hybridized carbons (Fsp3) is 0.381. The molecule has 0 aliphatic carbocycles. The summed E-state index contributed by atoms with van der Waals surface area (Å²) in [5.74, 6) is 3.01. The summed E-state index contributed by atoms with van der Waals surface area (Å²) in [5.41, 5.74) is 1.84. The third-order valence-corrected chi connectivity index (χ3v) is 5.29. The van der Waals surface area contributed by atoms with Crippen LogP contribution >= 0.6 is 12.4 Å². The lowest BCUT2D eigenvalue weighted by Crippen LogP contribution is -2.48. The second-order valence-corrected chi connectivity index (χ2v) is 7.11. The van der Waals surface area contributed by atoms with Crippen molar-refractivity contribution in [1.29, 1.82) is 0 Å². The van der Waals surface area contributed by atoms with E-state index in [1.165, 1.54) is 5.56 Å². The van der Waals surface area contributed by atoms with Gasteiger partial charge in [0.2, 0.25) is 6.79 Å². The molecule has 0 bridgehead atoms. The first-order chi connectivity index (χ1) is 13.8. The van der Waals surface area contributed by atoms with Crippen molar-refractivity contribution in [2.75, 3.05) is 46.2 Å². The van der Waals surface area contributed by atoms with Crippen LogP contribution in [-0.2, 0) is 6.54 Å². The maximum Gasteiger partial charge on any atom is 0.254 e. The predicted octanol–water partition coefficient (Wildman–Crippen LogP) is 2.57. The van der Waals surface area contributed by atoms with Crippen LogP contribution in [0.4, 0.5) is 0 Å². The van der Waals surface area contributed by atoms with Crippen molar-refractivity contribution in [3.63, 3.8) is 0 Å². The summed E-state index contributed by atoms with van der Waals surface area (Å²) in [6.45, 7) is 5.34. The molecule has 0 saturated carbocycles. The first kappa shape index (κ1) is 19.7. The predicted molar refractivity (Wildman–Crippen MR) is 108 cm³/mol. The third kappa shape index (κ3) is 4.06. The van der Waals surface area contributed by atoms with E-state index >= 15 is 0 Å². The van der Waals surface area contributed by atoms with E-state index in [4.69, 9.17) is 18.9 Å². The highest BCUT2D eigenvalue weighted by Crippen LogP contribution is 2.33. The van der Waals surface area contributed by atoms with Crippen LogP contribution in [0.15, 0.2) is 36.4 Å². The second-order valence-electron chi connectivity index (χ2n) is 7.11. The molecule has 3 aliphatic rings. The number of fused-ring (bicyclic) bond motifs is 2. The summed E-state index contributed by atoms with van der Waals surface area (Å²) >= 11 is 0. The van der Waals surface area contributed by atoms with Crippen molar-refractivity contribution in [3.8, 4) is 23.0 Å². The van der Waals surface area contributed by atoms with Crippen LogP contribution < -0.4 is 18.9 Å². The lowest BCUT2D eigenvalue weighted by Gasteiger charge is -2.35. The molecule has 3 aliphatic heterocycles. The fourth-order valence-electron chi connectivity index (χ4n) is 3.77. The molecule has 3 heterocycles. The molecule has 29 heavy (non-hydrogen) atoms. The molecule has 0 atom stereocenters. The van der Waals surface area contributed by atoms with E-state index in [0.717, 1.165) is 31.1 Å². The minimum atomic E-state index is 0. The quantitative estimate of drug-likeness (QED) is 0.763. The van der Waals surface area contributed by atoms with Gasteiger partial charge in [-0.15, -0.1) is 12.4 Å². The van der Waals surface area contributed by atoms with E-state index in [-0.39, 0.29) is 25.1 Å². The van der Waals surface area contributed by atoms with Crippen molar-refractivity contribution in [3.05, 3.63) is 47.5 Å². The zero-order valence-corrected chi connectivity index (χ0v) is 16.8. The fourth-order valence-corrected chi connectivity index (χ4v) is 3.77. The Kier molecular flexibility index (Phi) is 5.69. The highest BCUT2D eigenvalue weighted by Gasteiger charge is 2.24. The van der Waals surface area contributed by atoms with Crippen LogP contribution in [0.2, 0.25) is 0 Å². The third-order valence-electron chi connectivity index (χ3n) is 5.29. The summed E-state index contributed by atoms with van der Waals surface area (Å²) in [6.07, 6.45) is 0. The van der Waals surface area contributed by atoms with Gasteiger partial charge in [-0.3, -0.25) is 9.69 Å². The molecular weight excluding hydrogens is 396 g/mol. The van der Waals surface area contributed by atoms with Gasteiger partial charge < -0.3 is 23.8 Å². The van der Waals surface area contributed by atoms with E-state index in [9.17, 15) is 4.79 Å². The second kappa shape index (κ2) is 8.39. The van der Waals surface area contributed by atoms with Gasteiger partial charge in [-0.25, -0.2) is 0 Å². The van der Waals surface area contributed by atoms with Crippen LogP contribution in [-0.4, -0.2) is 61.9 Å². The van der Waals surface area contributed by atoms with Gasteiger partial charge >= 0.3 is 0 Å². The number of hydrogen-bond acceptors (Lipinski definition) is 6. The zero-order valence-electron chi connectivity index (χ0n) is 16.0. The Hall–Kier alpha value is -2.64. The van der Waals surface area contributed by atoms with E-state index in [1.807, 2.05) is 11.0 Å². The average molecular weight is 419 g/mol. The number of rotatable bonds is 3. The topological polar surface area (TPSA) is 60.5 Å². The number of piperazine rings is 1. The molecule has 2 aromatic rings. The summed E-state index contributed by atoms with van der Waals surface area (Å²) in [5, 5.41) is 0. The van der Waals surface area contributed by atoms with E-state index in [1.54, 1.807) is 18.2 Å². The van der Waals surface area contributed by atoms with Crippen molar-refractivity contribution >= 4 is 18.3 Å². The number of carbonyl (C=O) groups is 1. The monoisotopic (exact) mass is 418 g/mol. The Morgan fingerprint density at radius 1 is 0.793 bits per heavy atom. The molecule has 154 valence electrons. The van der Waals surface area contributed by atoms with Crippen molar-refractivity contribution in [2.24, 2.45) is 0 Å². The maximum absolute atomic E-state index is 12.8. The average Bonchev–Trinajstić information content (AvgIpc) is 3.21. The summed E-state index contributed by atoms with van der Waals surface area (Å²) in [7, 11) is 0. The number of hydrogen-bond donors (Lipinski definition) is 0. The first-order valence-electron chi connectivity index (χ1n) is 9.56. The highest BCUT2D eigenvalue weighted by atomic mass is 35.5. The molecule has 0 radical (unpaired) electrons. The van der Waals surface area contributed by atoms with Crippen molar-refractivity contribution < 1.29 is 23.7 Å². The van der Waals surface area contributed by atoms with Gasteiger partial charge in [-0.2, -0.15) is 0 Å². The minimum absolute atomic E-state index is 0. The summed E-state index contributed by atoms with van der Waals surface area (Å²) in [6, 6.07) is 11.5. The van der Waals surface area contributed by atoms with E-state index in [2.05, 4.69) is 17.0 Å². The molecule has 1 saturated heterocycles. The molecule has 8 heteroatoms. The Bertz CT molecular complexity index is 899. The van der Waals surface area contributed by atoms with Crippen LogP contribution in [0.25, 0.3) is 0 Å². The van der Waals surface area contributed by atoms with Gasteiger partial charge in [0.15, 0.2) is 23.0 Å². The summed E-state index contributed by atoms with van der Waals surface area (Å²) < 4.78 is 21.9. The van der Waals surface area contributed by atoms with Gasteiger partial charge in [0.25, 0.3) is 5.91 Å². The molecular formula is C21H23ClN2O5. The van der Waals surface area contributed by atoms with Gasteiger partial charge in [-0.1, -0.05) is 6.07 Å². The molecule has 2 aromatic carbocycles. The van der Waals surface area contributed by atoms with E-state index < -0.39 is 0 Å². The lowest BCUT2D eigenvalue weighted by atomic mass is 10.1. The Labute approximate surface area is 175 Å². The molecule has 7 nitrogen and oxygen atoms in total. The molecule has 1 amide bonds. The first-order valence-corrected chi connectivity index (χ1v) is 9.56. The highest BCUT2D eigenvalue weighted by molar-refractivity contribution is 5.95. The Morgan fingerprint density at radius 3 is 2.28 bits per heavy atom. The number of halogens is 1. The normalized spacial score (nSPS) is 17.6.